The van der Waals surface area contributed by atoms with Gasteiger partial charge < -0.3 is 5.32 Å². The van der Waals surface area contributed by atoms with Gasteiger partial charge in [-0.1, -0.05) is 48.0 Å². The first-order chi connectivity index (χ1) is 9.20. The summed E-state index contributed by atoms with van der Waals surface area (Å²) in [7, 11) is 0. The van der Waals surface area contributed by atoms with Crippen LogP contribution in [0.25, 0.3) is 0 Å². The smallest absolute Gasteiger partial charge is 0.129 e. The zero-order valence-corrected chi connectivity index (χ0v) is 11.8. The molecule has 0 aliphatic heterocycles. The maximum Gasteiger partial charge on any atom is 0.129 e. The van der Waals surface area contributed by atoms with Crippen LogP contribution in [0.1, 0.15) is 17.2 Å². The summed E-state index contributed by atoms with van der Waals surface area (Å²) >= 11 is 11.7. The quantitative estimate of drug-likeness (QED) is 0.799. The Balaban J connectivity index is 2.04. The minimum absolute atomic E-state index is 0.00190. The Morgan fingerprint density at radius 2 is 1.84 bits per heavy atom. The number of hydrogen-bond donors (Lipinski definition) is 1. The first-order valence-corrected chi connectivity index (χ1v) is 6.90. The summed E-state index contributed by atoms with van der Waals surface area (Å²) in [4.78, 5) is 0. The van der Waals surface area contributed by atoms with E-state index in [2.05, 4.69) is 5.32 Å². The third-order valence-corrected chi connectivity index (χ3v) is 3.45. The van der Waals surface area contributed by atoms with Crippen molar-refractivity contribution >= 4 is 23.2 Å². The molecule has 1 unspecified atom stereocenters. The summed E-state index contributed by atoms with van der Waals surface area (Å²) in [6, 6.07) is 14.5. The van der Waals surface area contributed by atoms with E-state index >= 15 is 0 Å². The lowest BCUT2D eigenvalue weighted by Crippen LogP contribution is -2.22. The Labute approximate surface area is 122 Å². The SMILES string of the molecule is Fc1cc(Cl)ccc1CNC(CCl)c1ccccc1. The van der Waals surface area contributed by atoms with E-state index in [1.807, 2.05) is 30.3 Å². The number of alkyl halides is 1. The number of halogens is 3. The van der Waals surface area contributed by atoms with Crippen LogP contribution in [0.4, 0.5) is 4.39 Å². The van der Waals surface area contributed by atoms with Crippen molar-refractivity contribution in [2.24, 2.45) is 0 Å². The fourth-order valence-corrected chi connectivity index (χ4v) is 2.29. The lowest BCUT2D eigenvalue weighted by atomic mass is 10.1. The first kappa shape index (κ1) is 14.3. The molecule has 2 rings (SSSR count). The summed E-state index contributed by atoms with van der Waals surface area (Å²) in [5, 5.41) is 3.65. The highest BCUT2D eigenvalue weighted by Gasteiger charge is 2.10. The van der Waals surface area contributed by atoms with Crippen molar-refractivity contribution in [3.05, 3.63) is 70.5 Å². The van der Waals surface area contributed by atoms with E-state index in [9.17, 15) is 4.39 Å². The van der Waals surface area contributed by atoms with Gasteiger partial charge in [0.15, 0.2) is 0 Å². The Bertz CT molecular complexity index is 531. The molecule has 0 bridgehead atoms. The number of hydrogen-bond acceptors (Lipinski definition) is 1. The predicted molar refractivity (Wildman–Crippen MR) is 78.2 cm³/mol. The second kappa shape index (κ2) is 6.90. The highest BCUT2D eigenvalue weighted by atomic mass is 35.5. The van der Waals surface area contributed by atoms with Gasteiger partial charge in [0.2, 0.25) is 0 Å². The van der Waals surface area contributed by atoms with E-state index in [4.69, 9.17) is 23.2 Å². The van der Waals surface area contributed by atoms with Crippen molar-refractivity contribution in [3.8, 4) is 0 Å². The molecule has 100 valence electrons. The molecule has 0 radical (unpaired) electrons. The van der Waals surface area contributed by atoms with Gasteiger partial charge in [0, 0.05) is 29.1 Å². The van der Waals surface area contributed by atoms with Crippen molar-refractivity contribution in [1.29, 1.82) is 0 Å². The van der Waals surface area contributed by atoms with Crippen molar-refractivity contribution in [3.63, 3.8) is 0 Å². The van der Waals surface area contributed by atoms with Crippen molar-refractivity contribution in [2.45, 2.75) is 12.6 Å². The molecule has 1 N–H and O–H groups in total. The van der Waals surface area contributed by atoms with Crippen LogP contribution in [0.2, 0.25) is 5.02 Å². The predicted octanol–water partition coefficient (Wildman–Crippen LogP) is 4.55. The first-order valence-electron chi connectivity index (χ1n) is 5.99. The standard InChI is InChI=1S/C15H14Cl2FN/c16-9-15(11-4-2-1-3-5-11)19-10-12-6-7-13(17)8-14(12)18/h1-8,15,19H,9-10H2. The maximum atomic E-state index is 13.6. The highest BCUT2D eigenvalue weighted by molar-refractivity contribution is 6.30. The number of benzene rings is 2. The Morgan fingerprint density at radius 1 is 1.11 bits per heavy atom. The second-order valence-corrected chi connectivity index (χ2v) is 4.98. The summed E-state index contributed by atoms with van der Waals surface area (Å²) in [6.45, 7) is 0.412. The molecule has 0 amide bonds. The lowest BCUT2D eigenvalue weighted by Gasteiger charge is -2.16. The largest absolute Gasteiger partial charge is 0.305 e. The second-order valence-electron chi connectivity index (χ2n) is 4.23. The average molecular weight is 298 g/mol. The van der Waals surface area contributed by atoms with E-state index in [1.54, 1.807) is 12.1 Å². The monoisotopic (exact) mass is 297 g/mol. The topological polar surface area (TPSA) is 12.0 Å². The summed E-state index contributed by atoms with van der Waals surface area (Å²) in [5.41, 5.74) is 1.67. The molecule has 0 saturated heterocycles. The minimum atomic E-state index is -0.304. The van der Waals surface area contributed by atoms with E-state index in [0.717, 1.165) is 5.56 Å². The fraction of sp³-hybridized carbons (Fsp3) is 0.200. The summed E-state index contributed by atoms with van der Waals surface area (Å²) in [6.07, 6.45) is 0. The van der Waals surface area contributed by atoms with Crippen LogP contribution in [0.15, 0.2) is 48.5 Å². The molecule has 0 spiro atoms. The normalized spacial score (nSPS) is 12.4. The molecular weight excluding hydrogens is 284 g/mol. The molecule has 19 heavy (non-hydrogen) atoms. The molecular formula is C15H14Cl2FN. The molecule has 0 aliphatic carbocycles. The Kier molecular flexibility index (Phi) is 5.20. The van der Waals surface area contributed by atoms with Crippen LogP contribution in [0.3, 0.4) is 0 Å². The molecule has 0 aromatic heterocycles. The number of rotatable bonds is 5. The Hall–Kier alpha value is -1.09. The summed E-state index contributed by atoms with van der Waals surface area (Å²) < 4.78 is 13.6. The molecule has 0 heterocycles. The van der Waals surface area contributed by atoms with Gasteiger partial charge in [-0.05, 0) is 17.7 Å². The van der Waals surface area contributed by atoms with Gasteiger partial charge in [0.1, 0.15) is 5.82 Å². The van der Waals surface area contributed by atoms with Gasteiger partial charge >= 0.3 is 0 Å². The third-order valence-electron chi connectivity index (χ3n) is 2.91. The minimum Gasteiger partial charge on any atom is -0.305 e. The lowest BCUT2D eigenvalue weighted by molar-refractivity contribution is 0.547. The van der Waals surface area contributed by atoms with Crippen LogP contribution in [0, 0.1) is 5.82 Å². The van der Waals surface area contributed by atoms with Gasteiger partial charge in [-0.15, -0.1) is 11.6 Å². The molecule has 0 saturated carbocycles. The van der Waals surface area contributed by atoms with Crippen LogP contribution in [-0.4, -0.2) is 5.88 Å². The number of nitrogens with one attached hydrogen (secondary N) is 1. The molecule has 0 fully saturated rings. The molecule has 2 aromatic carbocycles. The molecule has 0 aliphatic rings. The van der Waals surface area contributed by atoms with E-state index < -0.39 is 0 Å². The van der Waals surface area contributed by atoms with Crippen LogP contribution < -0.4 is 5.32 Å². The molecule has 4 heteroatoms. The third kappa shape index (κ3) is 3.93. The average Bonchev–Trinajstić information content (AvgIpc) is 2.43. The van der Waals surface area contributed by atoms with E-state index in [1.165, 1.54) is 6.07 Å². The van der Waals surface area contributed by atoms with E-state index in [-0.39, 0.29) is 11.9 Å². The van der Waals surface area contributed by atoms with E-state index in [0.29, 0.717) is 23.0 Å². The zero-order chi connectivity index (χ0) is 13.7. The molecule has 1 nitrogen and oxygen atoms in total. The van der Waals surface area contributed by atoms with Crippen LogP contribution >= 0.6 is 23.2 Å². The van der Waals surface area contributed by atoms with Crippen molar-refractivity contribution < 1.29 is 4.39 Å². The fourth-order valence-electron chi connectivity index (χ4n) is 1.85. The molecule has 1 atom stereocenters. The van der Waals surface area contributed by atoms with Gasteiger partial charge in [-0.25, -0.2) is 4.39 Å². The van der Waals surface area contributed by atoms with Crippen LogP contribution in [0.5, 0.6) is 0 Å². The van der Waals surface area contributed by atoms with Crippen molar-refractivity contribution in [1.82, 2.24) is 5.32 Å². The highest BCUT2D eigenvalue weighted by Crippen LogP contribution is 2.18. The van der Waals surface area contributed by atoms with Gasteiger partial charge in [-0.2, -0.15) is 0 Å². The summed E-state index contributed by atoms with van der Waals surface area (Å²) in [5.74, 6) is 0.126. The zero-order valence-electron chi connectivity index (χ0n) is 10.2. The van der Waals surface area contributed by atoms with Gasteiger partial charge in [0.25, 0.3) is 0 Å². The maximum absolute atomic E-state index is 13.6. The van der Waals surface area contributed by atoms with Gasteiger partial charge in [0.05, 0.1) is 0 Å². The Morgan fingerprint density at radius 3 is 2.47 bits per heavy atom. The van der Waals surface area contributed by atoms with Gasteiger partial charge in [-0.3, -0.25) is 0 Å². The van der Waals surface area contributed by atoms with Crippen LogP contribution in [-0.2, 0) is 6.54 Å². The van der Waals surface area contributed by atoms with Crippen molar-refractivity contribution in [2.75, 3.05) is 5.88 Å². The molecule has 2 aromatic rings.